The van der Waals surface area contributed by atoms with Crippen molar-refractivity contribution in [3.63, 3.8) is 0 Å². The van der Waals surface area contributed by atoms with Crippen LogP contribution in [0.2, 0.25) is 0 Å². The average molecular weight is 327 g/mol. The third kappa shape index (κ3) is 7.34. The molecule has 1 fully saturated rings. The molecule has 5 nitrogen and oxygen atoms in total. The van der Waals surface area contributed by atoms with Gasteiger partial charge in [0, 0.05) is 25.6 Å². The Morgan fingerprint density at radius 3 is 2.39 bits per heavy atom. The Morgan fingerprint density at radius 1 is 1.13 bits per heavy atom. The van der Waals surface area contributed by atoms with Gasteiger partial charge in [0.25, 0.3) is 0 Å². The van der Waals surface area contributed by atoms with Crippen LogP contribution < -0.4 is 0 Å². The van der Waals surface area contributed by atoms with Gasteiger partial charge in [-0.25, -0.2) is 0 Å². The molecule has 1 aliphatic carbocycles. The zero-order valence-electron chi connectivity index (χ0n) is 14.8. The van der Waals surface area contributed by atoms with Crippen LogP contribution in [-0.2, 0) is 14.3 Å². The fourth-order valence-corrected chi connectivity index (χ4v) is 3.37. The van der Waals surface area contributed by atoms with Crippen molar-refractivity contribution in [1.82, 2.24) is 4.90 Å². The number of ether oxygens (including phenoxy) is 1. The number of carbonyl (C=O) groups is 2. The van der Waals surface area contributed by atoms with E-state index in [1.54, 1.807) is 4.90 Å². The molecule has 0 aromatic heterocycles. The second-order valence-corrected chi connectivity index (χ2v) is 6.59. The minimum atomic E-state index is -0.296. The lowest BCUT2D eigenvalue weighted by Gasteiger charge is -2.32. The smallest absolute Gasteiger partial charge is 0.307 e. The van der Waals surface area contributed by atoms with Crippen molar-refractivity contribution in [3.05, 3.63) is 0 Å². The molecule has 0 radical (unpaired) electrons. The van der Waals surface area contributed by atoms with Gasteiger partial charge in [-0.3, -0.25) is 9.59 Å². The topological polar surface area (TPSA) is 66.8 Å². The van der Waals surface area contributed by atoms with Crippen LogP contribution in [0.25, 0.3) is 0 Å². The summed E-state index contributed by atoms with van der Waals surface area (Å²) in [5.41, 5.74) is 0. The summed E-state index contributed by atoms with van der Waals surface area (Å²) in [6, 6.07) is 0. The zero-order valence-corrected chi connectivity index (χ0v) is 14.8. The van der Waals surface area contributed by atoms with Gasteiger partial charge in [0.1, 0.15) is 0 Å². The van der Waals surface area contributed by atoms with Crippen LogP contribution in [0.3, 0.4) is 0 Å². The molecule has 134 valence electrons. The molecule has 0 bridgehead atoms. The number of aliphatic hydroxyl groups excluding tert-OH is 1. The lowest BCUT2D eigenvalue weighted by Crippen LogP contribution is -2.40. The van der Waals surface area contributed by atoms with Crippen LogP contribution in [0.4, 0.5) is 0 Å². The van der Waals surface area contributed by atoms with E-state index in [0.717, 1.165) is 31.6 Å². The normalized spacial score (nSPS) is 21.0. The summed E-state index contributed by atoms with van der Waals surface area (Å²) < 4.78 is 4.66. The summed E-state index contributed by atoms with van der Waals surface area (Å²) in [7, 11) is 1.36. The lowest BCUT2D eigenvalue weighted by atomic mass is 9.79. The van der Waals surface area contributed by atoms with Gasteiger partial charge in [-0.05, 0) is 38.0 Å². The Hall–Kier alpha value is -1.10. The first-order valence-corrected chi connectivity index (χ1v) is 9.08. The van der Waals surface area contributed by atoms with Crippen molar-refractivity contribution in [2.45, 2.75) is 64.7 Å². The van der Waals surface area contributed by atoms with Gasteiger partial charge in [0.05, 0.1) is 13.5 Å². The SMILES string of the molecule is CCCCC1CCC(C(=O)N(CCCO)CCC(=O)OC)CC1. The number of unbranched alkanes of at least 4 members (excludes halogenated alkanes) is 1. The van der Waals surface area contributed by atoms with E-state index in [0.29, 0.717) is 19.5 Å². The van der Waals surface area contributed by atoms with E-state index in [2.05, 4.69) is 11.7 Å². The first-order chi connectivity index (χ1) is 11.1. The van der Waals surface area contributed by atoms with Crippen LogP contribution in [0.5, 0.6) is 0 Å². The van der Waals surface area contributed by atoms with Gasteiger partial charge in [-0.15, -0.1) is 0 Å². The number of carbonyl (C=O) groups excluding carboxylic acids is 2. The molecule has 0 heterocycles. The van der Waals surface area contributed by atoms with Crippen molar-refractivity contribution in [1.29, 1.82) is 0 Å². The van der Waals surface area contributed by atoms with E-state index in [9.17, 15) is 9.59 Å². The van der Waals surface area contributed by atoms with E-state index in [1.165, 1.54) is 26.4 Å². The number of esters is 1. The number of hydrogen-bond donors (Lipinski definition) is 1. The molecule has 1 aliphatic rings. The summed E-state index contributed by atoms with van der Waals surface area (Å²) in [6.45, 7) is 3.19. The van der Waals surface area contributed by atoms with Gasteiger partial charge in [0.15, 0.2) is 0 Å². The monoisotopic (exact) mass is 327 g/mol. The fraction of sp³-hybridized carbons (Fsp3) is 0.889. The average Bonchev–Trinajstić information content (AvgIpc) is 2.59. The maximum Gasteiger partial charge on any atom is 0.307 e. The number of rotatable bonds is 10. The highest BCUT2D eigenvalue weighted by Crippen LogP contribution is 2.33. The molecule has 0 atom stereocenters. The molecule has 1 rings (SSSR count). The van der Waals surface area contributed by atoms with Crippen molar-refractivity contribution in [3.8, 4) is 0 Å². The highest BCUT2D eigenvalue weighted by Gasteiger charge is 2.29. The predicted octanol–water partition coefficient (Wildman–Crippen LogP) is 2.76. The van der Waals surface area contributed by atoms with Gasteiger partial charge < -0.3 is 14.7 Å². The quantitative estimate of drug-likeness (QED) is 0.627. The van der Waals surface area contributed by atoms with E-state index in [4.69, 9.17) is 5.11 Å². The maximum absolute atomic E-state index is 12.7. The molecule has 0 aliphatic heterocycles. The molecule has 1 N–H and O–H groups in total. The predicted molar refractivity (Wildman–Crippen MR) is 89.9 cm³/mol. The molecule has 0 aromatic rings. The third-order valence-corrected chi connectivity index (χ3v) is 4.87. The number of nitrogens with zero attached hydrogens (tertiary/aromatic N) is 1. The molecular weight excluding hydrogens is 294 g/mol. The van der Waals surface area contributed by atoms with Crippen molar-refractivity contribution in [2.75, 3.05) is 26.8 Å². The highest BCUT2D eigenvalue weighted by atomic mass is 16.5. The van der Waals surface area contributed by atoms with E-state index < -0.39 is 0 Å². The summed E-state index contributed by atoms with van der Waals surface area (Å²) in [5, 5.41) is 9.02. The molecule has 1 amide bonds. The Kier molecular flexibility index (Phi) is 9.92. The van der Waals surface area contributed by atoms with Crippen molar-refractivity contribution in [2.24, 2.45) is 11.8 Å². The highest BCUT2D eigenvalue weighted by molar-refractivity contribution is 5.79. The Labute approximate surface area is 140 Å². The molecular formula is C18H33NO4. The summed E-state index contributed by atoms with van der Waals surface area (Å²) in [4.78, 5) is 25.8. The number of amides is 1. The number of aliphatic hydroxyl groups is 1. The van der Waals surface area contributed by atoms with Crippen LogP contribution >= 0.6 is 0 Å². The molecule has 0 saturated heterocycles. The van der Waals surface area contributed by atoms with Gasteiger partial charge in [0.2, 0.25) is 5.91 Å². The first-order valence-electron chi connectivity index (χ1n) is 9.08. The third-order valence-electron chi connectivity index (χ3n) is 4.87. The van der Waals surface area contributed by atoms with Crippen molar-refractivity contribution >= 4 is 11.9 Å². The molecule has 5 heteroatoms. The molecule has 1 saturated carbocycles. The maximum atomic E-state index is 12.7. The number of hydrogen-bond acceptors (Lipinski definition) is 4. The molecule has 0 unspecified atom stereocenters. The van der Waals surface area contributed by atoms with Crippen molar-refractivity contribution < 1.29 is 19.4 Å². The van der Waals surface area contributed by atoms with E-state index in [1.807, 2.05) is 0 Å². The summed E-state index contributed by atoms with van der Waals surface area (Å²) in [5.74, 6) is 0.718. The van der Waals surface area contributed by atoms with Crippen LogP contribution in [0.1, 0.15) is 64.7 Å². The van der Waals surface area contributed by atoms with Gasteiger partial charge >= 0.3 is 5.97 Å². The Bertz CT molecular complexity index is 351. The molecule has 0 aromatic carbocycles. The second kappa shape index (κ2) is 11.4. The largest absolute Gasteiger partial charge is 0.469 e. The number of methoxy groups -OCH3 is 1. The second-order valence-electron chi connectivity index (χ2n) is 6.59. The van der Waals surface area contributed by atoms with Crippen LogP contribution in [-0.4, -0.2) is 48.7 Å². The first kappa shape index (κ1) is 19.9. The lowest BCUT2D eigenvalue weighted by molar-refractivity contribution is -0.142. The minimum Gasteiger partial charge on any atom is -0.469 e. The Balaban J connectivity index is 2.47. The van der Waals surface area contributed by atoms with Crippen LogP contribution in [0, 0.1) is 11.8 Å². The zero-order chi connectivity index (χ0) is 17.1. The van der Waals surface area contributed by atoms with Crippen LogP contribution in [0.15, 0.2) is 0 Å². The molecule has 23 heavy (non-hydrogen) atoms. The standard InChI is InChI=1S/C18H33NO4/c1-3-4-6-15-7-9-16(10-8-15)18(22)19(12-5-14-20)13-11-17(21)23-2/h15-16,20H,3-14H2,1-2H3. The van der Waals surface area contributed by atoms with Gasteiger partial charge in [-0.2, -0.15) is 0 Å². The fourth-order valence-electron chi connectivity index (χ4n) is 3.37. The Morgan fingerprint density at radius 2 is 1.83 bits per heavy atom. The molecule has 0 spiro atoms. The van der Waals surface area contributed by atoms with Gasteiger partial charge in [-0.1, -0.05) is 26.2 Å². The van der Waals surface area contributed by atoms with E-state index in [-0.39, 0.29) is 30.8 Å². The minimum absolute atomic E-state index is 0.0613. The summed E-state index contributed by atoms with van der Waals surface area (Å²) >= 11 is 0. The summed E-state index contributed by atoms with van der Waals surface area (Å²) in [6.07, 6.45) is 8.78. The van der Waals surface area contributed by atoms with E-state index >= 15 is 0 Å².